The van der Waals surface area contributed by atoms with Crippen molar-refractivity contribution in [1.82, 2.24) is 20.6 Å². The first-order valence-corrected chi connectivity index (χ1v) is 15.7. The molecular weight excluding hydrogens is 564 g/mol. The van der Waals surface area contributed by atoms with Gasteiger partial charge in [0.05, 0.1) is 27.9 Å². The van der Waals surface area contributed by atoms with E-state index in [1.165, 1.54) is 28.0 Å². The summed E-state index contributed by atoms with van der Waals surface area (Å²) in [6.07, 6.45) is 4.75. The summed E-state index contributed by atoms with van der Waals surface area (Å²) in [5, 5.41) is 10.5. The number of nitrogens with zero attached hydrogens (tertiary/aromatic N) is 3. The maximum atomic E-state index is 13.4. The standard InChI is InChI=1S/C32H40N6O4S/c1-6-23(7-2)42-31(41)26(18-35-29(39)27-14-10-16-43-27)38-30(40)28-20(4)36-32(37-21(28)5)33-15-9-12-22-11-8-13-24-19(3)34-17-25(22)24/h8,10-11,13-14,16-17,19,23,26H,6-7,9,12,15,18H2,1-5H3,(H,35,39)(H,38,40)(H,33,36,37). The van der Waals surface area contributed by atoms with E-state index in [9.17, 15) is 14.4 Å². The van der Waals surface area contributed by atoms with Gasteiger partial charge in [-0.2, -0.15) is 0 Å². The summed E-state index contributed by atoms with van der Waals surface area (Å²) < 4.78 is 5.62. The third-order valence-electron chi connectivity index (χ3n) is 7.51. The Morgan fingerprint density at radius 2 is 1.77 bits per heavy atom. The molecule has 10 nitrogen and oxygen atoms in total. The van der Waals surface area contributed by atoms with Crippen molar-refractivity contribution >= 4 is 41.3 Å². The third kappa shape index (κ3) is 8.04. The van der Waals surface area contributed by atoms with Crippen molar-refractivity contribution in [3.63, 3.8) is 0 Å². The van der Waals surface area contributed by atoms with E-state index in [1.807, 2.05) is 20.1 Å². The van der Waals surface area contributed by atoms with E-state index in [4.69, 9.17) is 4.74 Å². The van der Waals surface area contributed by atoms with Crippen LogP contribution in [0.1, 0.15) is 94.2 Å². The van der Waals surface area contributed by atoms with Crippen LogP contribution in [-0.2, 0) is 16.0 Å². The molecule has 0 spiro atoms. The van der Waals surface area contributed by atoms with E-state index in [1.54, 1.807) is 31.4 Å². The number of hydrogen-bond donors (Lipinski definition) is 3. The molecule has 1 aliphatic rings. The number of fused-ring (bicyclic) bond motifs is 1. The first-order chi connectivity index (χ1) is 20.7. The molecule has 4 rings (SSSR count). The molecule has 0 radical (unpaired) electrons. The molecule has 2 aromatic heterocycles. The fourth-order valence-electron chi connectivity index (χ4n) is 5.06. The number of carbonyl (C=O) groups is 3. The summed E-state index contributed by atoms with van der Waals surface area (Å²) in [5.74, 6) is -0.997. The highest BCUT2D eigenvalue weighted by Gasteiger charge is 2.28. The number of nitrogens with one attached hydrogen (secondary N) is 3. The number of carbonyl (C=O) groups excluding carboxylic acids is 3. The molecule has 3 N–H and O–H groups in total. The lowest BCUT2D eigenvalue weighted by Gasteiger charge is -2.22. The van der Waals surface area contributed by atoms with Crippen LogP contribution in [0, 0.1) is 13.8 Å². The third-order valence-corrected chi connectivity index (χ3v) is 8.38. The van der Waals surface area contributed by atoms with Crippen molar-refractivity contribution in [3.8, 4) is 0 Å². The van der Waals surface area contributed by atoms with Gasteiger partial charge in [-0.25, -0.2) is 14.8 Å². The summed E-state index contributed by atoms with van der Waals surface area (Å²) in [6, 6.07) is 8.95. The summed E-state index contributed by atoms with van der Waals surface area (Å²) in [5.41, 5.74) is 5.01. The van der Waals surface area contributed by atoms with Crippen LogP contribution in [0.4, 0.5) is 5.95 Å². The number of hydrogen-bond acceptors (Lipinski definition) is 9. The van der Waals surface area contributed by atoms with Crippen LogP contribution in [0.25, 0.3) is 0 Å². The number of esters is 1. The number of benzene rings is 1. The number of ether oxygens (including phenoxy) is 1. The number of aryl methyl sites for hydroxylation is 3. The molecule has 2 unspecified atom stereocenters. The van der Waals surface area contributed by atoms with E-state index in [0.717, 1.165) is 12.8 Å². The van der Waals surface area contributed by atoms with E-state index >= 15 is 0 Å². The largest absolute Gasteiger partial charge is 0.461 e. The van der Waals surface area contributed by atoms with Crippen molar-refractivity contribution in [2.75, 3.05) is 18.4 Å². The zero-order chi connectivity index (χ0) is 30.9. The number of rotatable bonds is 14. The lowest BCUT2D eigenvalue weighted by Crippen LogP contribution is -2.50. The normalized spacial score (nSPS) is 14.3. The molecule has 0 saturated carbocycles. The van der Waals surface area contributed by atoms with Crippen LogP contribution in [0.2, 0.25) is 0 Å². The van der Waals surface area contributed by atoms with Crippen molar-refractivity contribution in [3.05, 3.63) is 74.2 Å². The minimum absolute atomic E-state index is 0.116. The molecular formula is C32H40N6O4S. The second-order valence-corrected chi connectivity index (χ2v) is 11.5. The van der Waals surface area contributed by atoms with E-state index in [2.05, 4.69) is 56.0 Å². The Bertz CT molecular complexity index is 1450. The Hall–Kier alpha value is -4.12. The maximum Gasteiger partial charge on any atom is 0.330 e. The predicted molar refractivity (Wildman–Crippen MR) is 169 cm³/mol. The van der Waals surface area contributed by atoms with E-state index in [0.29, 0.717) is 41.6 Å². The number of anilines is 1. The molecule has 2 amide bonds. The van der Waals surface area contributed by atoms with Crippen LogP contribution in [0.3, 0.4) is 0 Å². The van der Waals surface area contributed by atoms with Gasteiger partial charge < -0.3 is 20.7 Å². The first-order valence-electron chi connectivity index (χ1n) is 14.8. The molecule has 0 fully saturated rings. The molecule has 2 atom stereocenters. The highest BCUT2D eigenvalue weighted by Crippen LogP contribution is 2.28. The fourth-order valence-corrected chi connectivity index (χ4v) is 5.70. The zero-order valence-corrected chi connectivity index (χ0v) is 26.2. The summed E-state index contributed by atoms with van der Waals surface area (Å²) in [7, 11) is 0. The van der Waals surface area contributed by atoms with Crippen molar-refractivity contribution < 1.29 is 19.1 Å². The van der Waals surface area contributed by atoms with Gasteiger partial charge in [0.25, 0.3) is 11.8 Å². The van der Waals surface area contributed by atoms with Gasteiger partial charge in [0.2, 0.25) is 5.95 Å². The van der Waals surface area contributed by atoms with Gasteiger partial charge in [-0.3, -0.25) is 14.6 Å². The van der Waals surface area contributed by atoms with Crippen LogP contribution in [0.5, 0.6) is 0 Å². The van der Waals surface area contributed by atoms with Gasteiger partial charge in [0.15, 0.2) is 0 Å². The van der Waals surface area contributed by atoms with Gasteiger partial charge in [0.1, 0.15) is 12.1 Å². The van der Waals surface area contributed by atoms with Crippen LogP contribution < -0.4 is 16.0 Å². The minimum Gasteiger partial charge on any atom is -0.461 e. The number of aliphatic imine (C=N–C) groups is 1. The fraction of sp³-hybridized carbons (Fsp3) is 0.438. The van der Waals surface area contributed by atoms with Gasteiger partial charge in [-0.15, -0.1) is 11.3 Å². The summed E-state index contributed by atoms with van der Waals surface area (Å²) in [4.78, 5) is 53.0. The quantitative estimate of drug-likeness (QED) is 0.175. The average molecular weight is 605 g/mol. The van der Waals surface area contributed by atoms with Gasteiger partial charge >= 0.3 is 5.97 Å². The Morgan fingerprint density at radius 1 is 1.02 bits per heavy atom. The molecule has 0 aliphatic carbocycles. The number of aromatic nitrogens is 2. The molecule has 0 bridgehead atoms. The number of amides is 2. The van der Waals surface area contributed by atoms with Crippen molar-refractivity contribution in [2.24, 2.45) is 4.99 Å². The lowest BCUT2D eigenvalue weighted by atomic mass is 9.97. The average Bonchev–Trinajstić information content (AvgIpc) is 3.66. The predicted octanol–water partition coefficient (Wildman–Crippen LogP) is 4.95. The summed E-state index contributed by atoms with van der Waals surface area (Å²) >= 11 is 1.29. The Labute approximate surface area is 256 Å². The summed E-state index contributed by atoms with van der Waals surface area (Å²) in [6.45, 7) is 9.97. The molecule has 1 aromatic carbocycles. The zero-order valence-electron chi connectivity index (χ0n) is 25.4. The maximum absolute atomic E-state index is 13.4. The Kier molecular flexibility index (Phi) is 11.0. The molecule has 228 valence electrons. The highest BCUT2D eigenvalue weighted by atomic mass is 32.1. The van der Waals surface area contributed by atoms with Crippen LogP contribution in [0.15, 0.2) is 40.7 Å². The van der Waals surface area contributed by atoms with Crippen molar-refractivity contribution in [2.45, 2.75) is 78.5 Å². The van der Waals surface area contributed by atoms with Crippen LogP contribution >= 0.6 is 11.3 Å². The topological polar surface area (TPSA) is 135 Å². The SMILES string of the molecule is CCC(CC)OC(=O)C(CNC(=O)c1cccs1)NC(=O)c1c(C)nc(NCCCc2cccc3c2C=NC3C)nc1C. The van der Waals surface area contributed by atoms with E-state index in [-0.39, 0.29) is 30.2 Å². The van der Waals surface area contributed by atoms with Crippen LogP contribution in [-0.4, -0.2) is 59.2 Å². The lowest BCUT2D eigenvalue weighted by molar-refractivity contribution is -0.151. The number of thiophene rings is 1. The molecule has 3 aromatic rings. The van der Waals surface area contributed by atoms with Crippen molar-refractivity contribution in [1.29, 1.82) is 0 Å². The molecule has 43 heavy (non-hydrogen) atoms. The van der Waals surface area contributed by atoms with Gasteiger partial charge in [0, 0.05) is 24.9 Å². The monoisotopic (exact) mass is 604 g/mol. The smallest absolute Gasteiger partial charge is 0.330 e. The van der Waals surface area contributed by atoms with Gasteiger partial charge in [-0.05, 0) is 69.0 Å². The highest BCUT2D eigenvalue weighted by molar-refractivity contribution is 7.12. The molecule has 0 saturated heterocycles. The second-order valence-electron chi connectivity index (χ2n) is 10.6. The van der Waals surface area contributed by atoms with E-state index < -0.39 is 17.9 Å². The molecule has 11 heteroatoms. The molecule has 1 aliphatic heterocycles. The van der Waals surface area contributed by atoms with Gasteiger partial charge in [-0.1, -0.05) is 38.1 Å². The first kappa shape index (κ1) is 31.8. The Balaban J connectivity index is 1.38. The Morgan fingerprint density at radius 3 is 2.44 bits per heavy atom. The molecule has 3 heterocycles. The minimum atomic E-state index is -1.08. The second kappa shape index (κ2) is 14.9.